The number of hydrogen-bond acceptors (Lipinski definition) is 3. The van der Waals surface area contributed by atoms with Crippen molar-refractivity contribution >= 4 is 22.9 Å². The molecule has 3 aromatic rings. The van der Waals surface area contributed by atoms with Gasteiger partial charge in [0.2, 0.25) is 5.91 Å². The second kappa shape index (κ2) is 6.34. The number of nitrogens with zero attached hydrogens (tertiary/aromatic N) is 1. The zero-order chi connectivity index (χ0) is 16.4. The molecule has 0 radical (unpaired) electrons. The highest BCUT2D eigenvalue weighted by atomic mass is 32.1. The number of nitrogens with one attached hydrogen (secondary N) is 1. The Kier molecular flexibility index (Phi) is 4.26. The molecule has 0 aliphatic heterocycles. The Morgan fingerprint density at radius 2 is 1.83 bits per heavy atom. The number of benzene rings is 2. The van der Waals surface area contributed by atoms with Crippen LogP contribution in [0.1, 0.15) is 18.1 Å². The van der Waals surface area contributed by atoms with Gasteiger partial charge >= 0.3 is 0 Å². The first kappa shape index (κ1) is 15.4. The van der Waals surface area contributed by atoms with Gasteiger partial charge in [-0.1, -0.05) is 35.9 Å². The van der Waals surface area contributed by atoms with E-state index >= 15 is 0 Å². The summed E-state index contributed by atoms with van der Waals surface area (Å²) in [6.45, 7) is 5.72. The van der Waals surface area contributed by atoms with Crippen LogP contribution >= 0.6 is 11.3 Å². The first-order valence-corrected chi connectivity index (χ1v) is 8.32. The number of carbonyl (C=O) groups is 1. The number of hydrogen-bond donors (Lipinski definition) is 1. The third kappa shape index (κ3) is 3.48. The van der Waals surface area contributed by atoms with Crippen LogP contribution in [0.5, 0.6) is 0 Å². The number of carbonyl (C=O) groups excluding carboxylic acids is 1. The van der Waals surface area contributed by atoms with Crippen molar-refractivity contribution < 1.29 is 4.79 Å². The number of anilines is 1. The Balaban J connectivity index is 1.88. The maximum absolute atomic E-state index is 11.1. The number of amides is 1. The molecule has 0 aliphatic rings. The quantitative estimate of drug-likeness (QED) is 0.733. The zero-order valence-electron chi connectivity index (χ0n) is 13.4. The lowest BCUT2D eigenvalue weighted by atomic mass is 10.1. The SMILES string of the molecule is CC(=O)Nc1ccc(-c2csc(-c3ccc(C)cc3C)n2)cc1. The third-order valence-electron chi connectivity index (χ3n) is 3.62. The minimum absolute atomic E-state index is 0.0662. The molecule has 0 aliphatic carbocycles. The van der Waals surface area contributed by atoms with Gasteiger partial charge in [0, 0.05) is 29.1 Å². The Morgan fingerprint density at radius 1 is 1.09 bits per heavy atom. The number of aromatic nitrogens is 1. The number of thiazole rings is 1. The molecule has 116 valence electrons. The first-order chi connectivity index (χ1) is 11.0. The summed E-state index contributed by atoms with van der Waals surface area (Å²) in [5.74, 6) is -0.0662. The second-order valence-corrected chi connectivity index (χ2v) is 6.47. The van der Waals surface area contributed by atoms with Crippen molar-refractivity contribution in [3.05, 3.63) is 59.0 Å². The fourth-order valence-corrected chi connectivity index (χ4v) is 3.43. The summed E-state index contributed by atoms with van der Waals surface area (Å²) in [5.41, 5.74) is 6.49. The topological polar surface area (TPSA) is 42.0 Å². The standard InChI is InChI=1S/C19H18N2OS/c1-12-4-9-17(13(2)10-12)19-21-18(11-23-19)15-5-7-16(8-6-15)20-14(3)22/h4-11H,1-3H3,(H,20,22). The van der Waals surface area contributed by atoms with Gasteiger partial charge in [-0.2, -0.15) is 0 Å². The van der Waals surface area contributed by atoms with E-state index in [-0.39, 0.29) is 5.91 Å². The number of aryl methyl sites for hydroxylation is 2. The predicted molar refractivity (Wildman–Crippen MR) is 96.8 cm³/mol. The minimum atomic E-state index is -0.0662. The van der Waals surface area contributed by atoms with Gasteiger partial charge in [-0.3, -0.25) is 4.79 Å². The number of rotatable bonds is 3. The van der Waals surface area contributed by atoms with Gasteiger partial charge in [-0.25, -0.2) is 4.98 Å². The summed E-state index contributed by atoms with van der Waals surface area (Å²) in [7, 11) is 0. The van der Waals surface area contributed by atoms with E-state index in [0.717, 1.165) is 22.0 Å². The van der Waals surface area contributed by atoms with Crippen molar-refractivity contribution in [2.24, 2.45) is 0 Å². The van der Waals surface area contributed by atoms with Gasteiger partial charge in [-0.05, 0) is 31.5 Å². The Labute approximate surface area is 140 Å². The molecular weight excluding hydrogens is 304 g/mol. The molecule has 1 amide bonds. The van der Waals surface area contributed by atoms with Crippen molar-refractivity contribution in [3.63, 3.8) is 0 Å². The fourth-order valence-electron chi connectivity index (χ4n) is 2.51. The van der Waals surface area contributed by atoms with E-state index in [1.807, 2.05) is 24.3 Å². The van der Waals surface area contributed by atoms with Gasteiger partial charge in [0.05, 0.1) is 5.69 Å². The summed E-state index contributed by atoms with van der Waals surface area (Å²) >= 11 is 1.65. The van der Waals surface area contributed by atoms with Crippen molar-refractivity contribution in [2.45, 2.75) is 20.8 Å². The molecule has 3 nitrogen and oxygen atoms in total. The molecule has 2 aromatic carbocycles. The third-order valence-corrected chi connectivity index (χ3v) is 4.49. The van der Waals surface area contributed by atoms with E-state index in [1.54, 1.807) is 11.3 Å². The molecule has 4 heteroatoms. The molecule has 1 aromatic heterocycles. The lowest BCUT2D eigenvalue weighted by molar-refractivity contribution is -0.114. The molecular formula is C19H18N2OS. The molecule has 0 atom stereocenters. The zero-order valence-corrected chi connectivity index (χ0v) is 14.2. The van der Waals surface area contributed by atoms with Crippen LogP contribution in [0, 0.1) is 13.8 Å². The fraction of sp³-hybridized carbons (Fsp3) is 0.158. The van der Waals surface area contributed by atoms with Crippen LogP contribution in [-0.2, 0) is 4.79 Å². The molecule has 0 saturated heterocycles. The minimum Gasteiger partial charge on any atom is -0.326 e. The predicted octanol–water partition coefficient (Wildman–Crippen LogP) is 5.05. The summed E-state index contributed by atoms with van der Waals surface area (Å²) in [6, 6.07) is 14.2. The maximum atomic E-state index is 11.1. The Bertz CT molecular complexity index is 850. The highest BCUT2D eigenvalue weighted by Gasteiger charge is 2.09. The summed E-state index contributed by atoms with van der Waals surface area (Å²) in [4.78, 5) is 15.8. The van der Waals surface area contributed by atoms with Gasteiger partial charge in [-0.15, -0.1) is 11.3 Å². The molecule has 1 N–H and O–H groups in total. The summed E-state index contributed by atoms with van der Waals surface area (Å²) < 4.78 is 0. The van der Waals surface area contributed by atoms with Crippen LogP contribution in [0.15, 0.2) is 47.8 Å². The summed E-state index contributed by atoms with van der Waals surface area (Å²) in [5, 5.41) is 5.87. The Morgan fingerprint density at radius 3 is 2.48 bits per heavy atom. The van der Waals surface area contributed by atoms with E-state index < -0.39 is 0 Å². The molecule has 0 spiro atoms. The average molecular weight is 322 g/mol. The average Bonchev–Trinajstić information content (AvgIpc) is 2.97. The van der Waals surface area contributed by atoms with Crippen molar-refractivity contribution in [2.75, 3.05) is 5.32 Å². The van der Waals surface area contributed by atoms with E-state index in [1.165, 1.54) is 23.6 Å². The summed E-state index contributed by atoms with van der Waals surface area (Å²) in [6.07, 6.45) is 0. The van der Waals surface area contributed by atoms with Crippen LogP contribution in [0.3, 0.4) is 0 Å². The van der Waals surface area contributed by atoms with E-state index in [4.69, 9.17) is 4.98 Å². The Hall–Kier alpha value is -2.46. The van der Waals surface area contributed by atoms with Crippen LogP contribution in [0.4, 0.5) is 5.69 Å². The largest absolute Gasteiger partial charge is 0.326 e. The van der Waals surface area contributed by atoms with Crippen molar-refractivity contribution in [1.82, 2.24) is 4.98 Å². The maximum Gasteiger partial charge on any atom is 0.221 e. The molecule has 0 saturated carbocycles. The lowest BCUT2D eigenvalue weighted by Crippen LogP contribution is -2.05. The lowest BCUT2D eigenvalue weighted by Gasteiger charge is -2.04. The molecule has 0 fully saturated rings. The second-order valence-electron chi connectivity index (χ2n) is 5.61. The van der Waals surface area contributed by atoms with E-state index in [2.05, 4.69) is 42.7 Å². The van der Waals surface area contributed by atoms with Gasteiger partial charge in [0.15, 0.2) is 0 Å². The molecule has 3 rings (SSSR count). The first-order valence-electron chi connectivity index (χ1n) is 7.44. The van der Waals surface area contributed by atoms with E-state index in [9.17, 15) is 4.79 Å². The van der Waals surface area contributed by atoms with Crippen molar-refractivity contribution in [1.29, 1.82) is 0 Å². The normalized spacial score (nSPS) is 10.6. The van der Waals surface area contributed by atoms with Crippen LogP contribution < -0.4 is 5.32 Å². The van der Waals surface area contributed by atoms with Gasteiger partial charge < -0.3 is 5.32 Å². The van der Waals surface area contributed by atoms with Crippen molar-refractivity contribution in [3.8, 4) is 21.8 Å². The van der Waals surface area contributed by atoms with E-state index in [0.29, 0.717) is 0 Å². The molecule has 0 bridgehead atoms. The highest BCUT2D eigenvalue weighted by Crippen LogP contribution is 2.31. The van der Waals surface area contributed by atoms with Crippen LogP contribution in [0.2, 0.25) is 0 Å². The van der Waals surface area contributed by atoms with Gasteiger partial charge in [0.25, 0.3) is 0 Å². The van der Waals surface area contributed by atoms with Crippen LogP contribution in [0.25, 0.3) is 21.8 Å². The molecule has 1 heterocycles. The molecule has 0 unspecified atom stereocenters. The monoisotopic (exact) mass is 322 g/mol. The van der Waals surface area contributed by atoms with Crippen LogP contribution in [-0.4, -0.2) is 10.9 Å². The smallest absolute Gasteiger partial charge is 0.221 e. The molecule has 23 heavy (non-hydrogen) atoms. The van der Waals surface area contributed by atoms with Gasteiger partial charge in [0.1, 0.15) is 5.01 Å². The highest BCUT2D eigenvalue weighted by molar-refractivity contribution is 7.13.